The van der Waals surface area contributed by atoms with Crippen molar-refractivity contribution in [2.45, 2.75) is 6.54 Å². The van der Waals surface area contributed by atoms with E-state index in [4.69, 9.17) is 0 Å². The molecule has 1 N–H and O–H groups in total. The number of benzene rings is 1. The zero-order valence-corrected chi connectivity index (χ0v) is 5.94. The summed E-state index contributed by atoms with van der Waals surface area (Å²) in [5.41, 5.74) is 1.26. The van der Waals surface area contributed by atoms with Crippen molar-refractivity contribution in [2.75, 3.05) is 0 Å². The maximum Gasteiger partial charge on any atom is 0.0307 e. The van der Waals surface area contributed by atoms with Gasteiger partial charge in [-0.2, -0.15) is 0 Å². The van der Waals surface area contributed by atoms with Crippen LogP contribution in [-0.4, -0.2) is 0 Å². The predicted octanol–water partition coefficient (Wildman–Crippen LogP) is 1.62. The van der Waals surface area contributed by atoms with Crippen molar-refractivity contribution in [3.05, 3.63) is 35.9 Å². The summed E-state index contributed by atoms with van der Waals surface area (Å²) in [6.07, 6.45) is 0. The van der Waals surface area contributed by atoms with Gasteiger partial charge in [0.05, 0.1) is 0 Å². The summed E-state index contributed by atoms with van der Waals surface area (Å²) in [6, 6.07) is 10.1. The first-order chi connectivity index (χ1) is 4.43. The molecule has 0 bridgehead atoms. The number of hydrogen-bond acceptors (Lipinski definition) is 2. The van der Waals surface area contributed by atoms with Crippen molar-refractivity contribution in [3.8, 4) is 0 Å². The topological polar surface area (TPSA) is 12.0 Å². The Kier molecular flexibility index (Phi) is 2.61. The summed E-state index contributed by atoms with van der Waals surface area (Å²) in [6.45, 7) is 0.823. The number of rotatable bonds is 2. The Labute approximate surface area is 60.6 Å². The van der Waals surface area contributed by atoms with E-state index < -0.39 is 0 Å². The van der Waals surface area contributed by atoms with Crippen molar-refractivity contribution in [2.24, 2.45) is 0 Å². The molecule has 0 aliphatic rings. The monoisotopic (exact) mass is 139 g/mol. The van der Waals surface area contributed by atoms with Crippen LogP contribution >= 0.6 is 12.8 Å². The number of thiol groups is 1. The fraction of sp³-hybridized carbons (Fsp3) is 0.143. The zero-order valence-electron chi connectivity index (χ0n) is 5.04. The Balaban J connectivity index is 2.61. The molecular formula is C7H9NS. The van der Waals surface area contributed by atoms with Gasteiger partial charge in [-0.3, -0.25) is 4.72 Å². The second-order valence-electron chi connectivity index (χ2n) is 1.82. The highest BCUT2D eigenvalue weighted by atomic mass is 32.1. The molecule has 1 aromatic rings. The second-order valence-corrected chi connectivity index (χ2v) is 2.14. The molecule has 0 radical (unpaired) electrons. The van der Waals surface area contributed by atoms with E-state index in [1.807, 2.05) is 18.2 Å². The first-order valence-electron chi connectivity index (χ1n) is 2.84. The highest BCUT2D eigenvalue weighted by Gasteiger charge is 1.84. The maximum absolute atomic E-state index is 3.88. The molecule has 9 heavy (non-hydrogen) atoms. The van der Waals surface area contributed by atoms with Gasteiger partial charge < -0.3 is 0 Å². The lowest BCUT2D eigenvalue weighted by molar-refractivity contribution is 0.985. The predicted molar refractivity (Wildman–Crippen MR) is 42.3 cm³/mol. The molecule has 0 atom stereocenters. The van der Waals surface area contributed by atoms with Crippen LogP contribution in [0.1, 0.15) is 5.56 Å². The molecule has 1 aromatic carbocycles. The molecule has 0 saturated heterocycles. The number of nitrogens with one attached hydrogen (secondary N) is 1. The Morgan fingerprint density at radius 1 is 1.22 bits per heavy atom. The smallest absolute Gasteiger partial charge is 0.0307 e. The molecule has 0 amide bonds. The van der Waals surface area contributed by atoms with E-state index in [1.54, 1.807) is 0 Å². The lowest BCUT2D eigenvalue weighted by atomic mass is 10.2. The molecule has 2 heteroatoms. The lowest BCUT2D eigenvalue weighted by Crippen LogP contribution is -1.96. The Bertz CT molecular complexity index is 162. The van der Waals surface area contributed by atoms with Crippen LogP contribution in [-0.2, 0) is 6.54 Å². The van der Waals surface area contributed by atoms with Gasteiger partial charge in [0.2, 0.25) is 0 Å². The van der Waals surface area contributed by atoms with Crippen molar-refractivity contribution in [3.63, 3.8) is 0 Å². The third-order valence-electron chi connectivity index (χ3n) is 1.13. The minimum Gasteiger partial charge on any atom is -0.262 e. The van der Waals surface area contributed by atoms with Crippen LogP contribution in [0, 0.1) is 0 Å². The molecule has 1 rings (SSSR count). The van der Waals surface area contributed by atoms with Crippen LogP contribution < -0.4 is 4.72 Å². The van der Waals surface area contributed by atoms with Gasteiger partial charge in [-0.15, -0.1) is 0 Å². The van der Waals surface area contributed by atoms with Gasteiger partial charge in [-0.05, 0) is 5.56 Å². The van der Waals surface area contributed by atoms with E-state index >= 15 is 0 Å². The van der Waals surface area contributed by atoms with E-state index in [1.165, 1.54) is 5.56 Å². The van der Waals surface area contributed by atoms with Crippen molar-refractivity contribution in [1.29, 1.82) is 0 Å². The highest BCUT2D eigenvalue weighted by Crippen LogP contribution is 1.96. The van der Waals surface area contributed by atoms with Crippen molar-refractivity contribution < 1.29 is 0 Å². The summed E-state index contributed by atoms with van der Waals surface area (Å²) in [7, 11) is 0. The third kappa shape index (κ3) is 2.08. The Morgan fingerprint density at radius 2 is 1.89 bits per heavy atom. The Hall–Kier alpha value is -0.470. The second kappa shape index (κ2) is 3.54. The molecule has 0 aliphatic carbocycles. The van der Waals surface area contributed by atoms with Gasteiger partial charge >= 0.3 is 0 Å². The van der Waals surface area contributed by atoms with E-state index in [0.717, 1.165) is 6.54 Å². The first kappa shape index (κ1) is 6.65. The summed E-state index contributed by atoms with van der Waals surface area (Å²) < 4.78 is 2.78. The zero-order chi connectivity index (χ0) is 6.53. The maximum atomic E-state index is 3.88. The van der Waals surface area contributed by atoms with Gasteiger partial charge in [0.1, 0.15) is 0 Å². The minimum absolute atomic E-state index is 0.823. The number of hydrogen-bond donors (Lipinski definition) is 2. The minimum atomic E-state index is 0.823. The van der Waals surface area contributed by atoms with Gasteiger partial charge in [0.15, 0.2) is 0 Å². The Morgan fingerprint density at radius 3 is 2.44 bits per heavy atom. The average molecular weight is 139 g/mol. The lowest BCUT2D eigenvalue weighted by Gasteiger charge is -1.95. The van der Waals surface area contributed by atoms with Gasteiger partial charge in [-0.25, -0.2) is 0 Å². The van der Waals surface area contributed by atoms with Crippen LogP contribution in [0.4, 0.5) is 0 Å². The van der Waals surface area contributed by atoms with Crippen LogP contribution in [0.25, 0.3) is 0 Å². The fourth-order valence-corrected chi connectivity index (χ4v) is 0.870. The molecular weight excluding hydrogens is 130 g/mol. The van der Waals surface area contributed by atoms with E-state index in [0.29, 0.717) is 0 Å². The molecule has 0 spiro atoms. The van der Waals surface area contributed by atoms with Crippen LogP contribution in [0.2, 0.25) is 0 Å². The fourth-order valence-electron chi connectivity index (χ4n) is 0.687. The standard InChI is InChI=1S/C7H9NS/c9-8-6-7-4-2-1-3-5-7/h1-5,8-9H,6H2. The summed E-state index contributed by atoms with van der Waals surface area (Å²) in [4.78, 5) is 0. The van der Waals surface area contributed by atoms with Crippen molar-refractivity contribution >= 4 is 12.8 Å². The molecule has 0 unspecified atom stereocenters. The third-order valence-corrected chi connectivity index (χ3v) is 1.28. The molecule has 0 heterocycles. The highest BCUT2D eigenvalue weighted by molar-refractivity contribution is 7.78. The summed E-state index contributed by atoms with van der Waals surface area (Å²) >= 11 is 3.88. The summed E-state index contributed by atoms with van der Waals surface area (Å²) in [5, 5.41) is 0. The van der Waals surface area contributed by atoms with Crippen LogP contribution in [0.15, 0.2) is 30.3 Å². The van der Waals surface area contributed by atoms with Gasteiger partial charge in [0, 0.05) is 6.54 Å². The van der Waals surface area contributed by atoms with Gasteiger partial charge in [0.25, 0.3) is 0 Å². The largest absolute Gasteiger partial charge is 0.262 e. The molecule has 0 saturated carbocycles. The van der Waals surface area contributed by atoms with E-state index in [9.17, 15) is 0 Å². The van der Waals surface area contributed by atoms with E-state index in [2.05, 4.69) is 29.7 Å². The normalized spacial score (nSPS) is 9.44. The SMILES string of the molecule is SNCc1ccccc1. The molecule has 1 nitrogen and oxygen atoms in total. The quantitative estimate of drug-likeness (QED) is 0.593. The van der Waals surface area contributed by atoms with E-state index in [-0.39, 0.29) is 0 Å². The van der Waals surface area contributed by atoms with Crippen LogP contribution in [0.5, 0.6) is 0 Å². The summed E-state index contributed by atoms with van der Waals surface area (Å²) in [5.74, 6) is 0. The van der Waals surface area contributed by atoms with Crippen LogP contribution in [0.3, 0.4) is 0 Å². The van der Waals surface area contributed by atoms with Crippen molar-refractivity contribution in [1.82, 2.24) is 4.72 Å². The molecule has 0 aromatic heterocycles. The molecule has 0 aliphatic heterocycles. The molecule has 48 valence electrons. The molecule has 0 fully saturated rings. The average Bonchev–Trinajstić information content (AvgIpc) is 1.91. The first-order valence-corrected chi connectivity index (χ1v) is 3.29. The van der Waals surface area contributed by atoms with Gasteiger partial charge in [-0.1, -0.05) is 43.1 Å².